The van der Waals surface area contributed by atoms with Gasteiger partial charge in [-0.1, -0.05) is 42.8 Å². The van der Waals surface area contributed by atoms with E-state index in [1.54, 1.807) is 0 Å². The number of benzene rings is 2. The van der Waals surface area contributed by atoms with E-state index in [1.807, 2.05) is 47.4 Å². The van der Waals surface area contributed by atoms with Crippen molar-refractivity contribution in [3.05, 3.63) is 48.0 Å². The van der Waals surface area contributed by atoms with Crippen LogP contribution in [0.15, 0.2) is 42.5 Å². The Kier molecular flexibility index (Phi) is 6.68. The molecule has 2 aliphatic heterocycles. The van der Waals surface area contributed by atoms with Crippen LogP contribution < -0.4 is 5.32 Å². The number of likely N-dealkylation sites (tertiary alicyclic amines) is 2. The van der Waals surface area contributed by atoms with E-state index in [2.05, 4.69) is 17.1 Å². The van der Waals surface area contributed by atoms with Crippen LogP contribution in [-0.4, -0.2) is 60.4 Å². The fraction of sp³-hybridized carbons (Fsp3) is 0.520. The Bertz CT molecular complexity index is 884. The van der Waals surface area contributed by atoms with Gasteiger partial charge in [0.15, 0.2) is 0 Å². The van der Waals surface area contributed by atoms with Gasteiger partial charge >= 0.3 is 0 Å². The Morgan fingerprint density at radius 2 is 1.73 bits per heavy atom. The summed E-state index contributed by atoms with van der Waals surface area (Å²) >= 11 is 0. The zero-order valence-electron chi connectivity index (χ0n) is 18.0. The van der Waals surface area contributed by atoms with Crippen LogP contribution in [0.25, 0.3) is 10.8 Å². The summed E-state index contributed by atoms with van der Waals surface area (Å²) in [6.45, 7) is 6.37. The van der Waals surface area contributed by atoms with E-state index in [0.29, 0.717) is 19.1 Å². The largest absolute Gasteiger partial charge is 0.355 e. The fourth-order valence-corrected chi connectivity index (χ4v) is 4.88. The number of amides is 2. The predicted molar refractivity (Wildman–Crippen MR) is 120 cm³/mol. The average molecular weight is 408 g/mol. The van der Waals surface area contributed by atoms with E-state index in [-0.39, 0.29) is 17.7 Å². The lowest BCUT2D eigenvalue weighted by Gasteiger charge is -2.34. The minimum absolute atomic E-state index is 0.0142. The number of nitrogens with one attached hydrogen (secondary N) is 1. The Balaban J connectivity index is 1.27. The maximum Gasteiger partial charge on any atom is 0.254 e. The van der Waals surface area contributed by atoms with Crippen molar-refractivity contribution in [1.29, 1.82) is 0 Å². The lowest BCUT2D eigenvalue weighted by atomic mass is 9.94. The standard InChI is InChI=1S/C25H33N3O2/c1-19-7-4-5-15-27(19)18-14-26-24(29)21-12-16-28(17-13-21)25(30)23-11-6-9-20-8-2-3-10-22(20)23/h2-3,6,8-11,19,21H,4-5,7,12-18H2,1H3,(H,26,29). The third kappa shape index (κ3) is 4.67. The summed E-state index contributed by atoms with van der Waals surface area (Å²) < 4.78 is 0. The van der Waals surface area contributed by atoms with Crippen LogP contribution in [0, 0.1) is 5.92 Å². The van der Waals surface area contributed by atoms with E-state index in [1.165, 1.54) is 19.3 Å². The number of carbonyl (C=O) groups excluding carboxylic acids is 2. The van der Waals surface area contributed by atoms with Gasteiger partial charge < -0.3 is 10.2 Å². The van der Waals surface area contributed by atoms with Gasteiger partial charge in [0.25, 0.3) is 5.91 Å². The molecule has 1 atom stereocenters. The van der Waals surface area contributed by atoms with Crippen LogP contribution in [0.3, 0.4) is 0 Å². The Hall–Kier alpha value is -2.40. The van der Waals surface area contributed by atoms with Crippen LogP contribution in [0.1, 0.15) is 49.4 Å². The highest BCUT2D eigenvalue weighted by molar-refractivity contribution is 6.07. The lowest BCUT2D eigenvalue weighted by molar-refractivity contribution is -0.126. The van der Waals surface area contributed by atoms with Crippen LogP contribution >= 0.6 is 0 Å². The number of nitrogens with zero attached hydrogens (tertiary/aromatic N) is 2. The lowest BCUT2D eigenvalue weighted by Crippen LogP contribution is -2.46. The highest BCUT2D eigenvalue weighted by Crippen LogP contribution is 2.24. The summed E-state index contributed by atoms with van der Waals surface area (Å²) in [4.78, 5) is 30.1. The van der Waals surface area contributed by atoms with Crippen LogP contribution in [0.2, 0.25) is 0 Å². The highest BCUT2D eigenvalue weighted by Gasteiger charge is 2.28. The second kappa shape index (κ2) is 9.61. The molecule has 2 aromatic carbocycles. The molecule has 0 aliphatic carbocycles. The van der Waals surface area contributed by atoms with Gasteiger partial charge in [0, 0.05) is 43.7 Å². The Labute approximate surface area is 179 Å². The average Bonchev–Trinajstić information content (AvgIpc) is 2.79. The van der Waals surface area contributed by atoms with Gasteiger partial charge in [0.2, 0.25) is 5.91 Å². The second-order valence-electron chi connectivity index (χ2n) is 8.76. The van der Waals surface area contributed by atoms with Gasteiger partial charge in [-0.3, -0.25) is 14.5 Å². The summed E-state index contributed by atoms with van der Waals surface area (Å²) in [5.41, 5.74) is 0.756. The van der Waals surface area contributed by atoms with Gasteiger partial charge in [0.05, 0.1) is 0 Å². The second-order valence-corrected chi connectivity index (χ2v) is 8.76. The number of piperidine rings is 2. The van der Waals surface area contributed by atoms with Crippen LogP contribution in [0.4, 0.5) is 0 Å². The third-order valence-electron chi connectivity index (χ3n) is 6.81. The molecule has 2 fully saturated rings. The third-order valence-corrected chi connectivity index (χ3v) is 6.81. The number of fused-ring (bicyclic) bond motifs is 1. The minimum Gasteiger partial charge on any atom is -0.355 e. The number of hydrogen-bond donors (Lipinski definition) is 1. The molecule has 0 radical (unpaired) electrons. The first-order chi connectivity index (χ1) is 14.6. The summed E-state index contributed by atoms with van der Waals surface area (Å²) in [5, 5.41) is 5.22. The van der Waals surface area contributed by atoms with Crippen molar-refractivity contribution in [2.24, 2.45) is 5.92 Å². The number of carbonyl (C=O) groups is 2. The first kappa shape index (κ1) is 20.9. The van der Waals surface area contributed by atoms with E-state index >= 15 is 0 Å². The number of rotatable bonds is 5. The van der Waals surface area contributed by atoms with Gasteiger partial charge in [0.1, 0.15) is 0 Å². The zero-order chi connectivity index (χ0) is 20.9. The summed E-state index contributed by atoms with van der Waals surface area (Å²) in [6.07, 6.45) is 5.32. The first-order valence-electron chi connectivity index (χ1n) is 11.4. The van der Waals surface area contributed by atoms with Crippen molar-refractivity contribution in [3.8, 4) is 0 Å². The monoisotopic (exact) mass is 407 g/mol. The van der Waals surface area contributed by atoms with Gasteiger partial charge in [-0.25, -0.2) is 0 Å². The van der Waals surface area contributed by atoms with Crippen molar-refractivity contribution < 1.29 is 9.59 Å². The van der Waals surface area contributed by atoms with Crippen molar-refractivity contribution in [1.82, 2.24) is 15.1 Å². The minimum atomic E-state index is 0.0142. The molecule has 2 heterocycles. The molecule has 0 saturated carbocycles. The predicted octanol–water partition coefficient (Wildman–Crippen LogP) is 3.68. The normalized spacial score (nSPS) is 21.0. The van der Waals surface area contributed by atoms with Crippen LogP contribution in [-0.2, 0) is 4.79 Å². The van der Waals surface area contributed by atoms with Gasteiger partial charge in [-0.15, -0.1) is 0 Å². The molecule has 30 heavy (non-hydrogen) atoms. The molecule has 2 saturated heterocycles. The quantitative estimate of drug-likeness (QED) is 0.823. The number of hydrogen-bond acceptors (Lipinski definition) is 3. The maximum absolute atomic E-state index is 13.1. The topological polar surface area (TPSA) is 52.7 Å². The van der Waals surface area contributed by atoms with Crippen molar-refractivity contribution >= 4 is 22.6 Å². The Morgan fingerprint density at radius 1 is 0.967 bits per heavy atom. The molecule has 2 amide bonds. The molecular formula is C25H33N3O2. The van der Waals surface area contributed by atoms with E-state index in [4.69, 9.17) is 0 Å². The van der Waals surface area contributed by atoms with E-state index in [0.717, 1.165) is 48.8 Å². The van der Waals surface area contributed by atoms with Gasteiger partial charge in [-0.2, -0.15) is 0 Å². The molecular weight excluding hydrogens is 374 g/mol. The molecule has 1 unspecified atom stereocenters. The van der Waals surface area contributed by atoms with Crippen molar-refractivity contribution in [2.45, 2.75) is 45.1 Å². The highest BCUT2D eigenvalue weighted by atomic mass is 16.2. The molecule has 5 heteroatoms. The first-order valence-corrected chi connectivity index (χ1v) is 11.4. The maximum atomic E-state index is 13.1. The molecule has 1 N–H and O–H groups in total. The molecule has 0 bridgehead atoms. The summed E-state index contributed by atoms with van der Waals surface area (Å²) in [7, 11) is 0. The summed E-state index contributed by atoms with van der Waals surface area (Å²) in [5.74, 6) is 0.238. The van der Waals surface area contributed by atoms with E-state index < -0.39 is 0 Å². The molecule has 0 aromatic heterocycles. The zero-order valence-corrected chi connectivity index (χ0v) is 18.0. The molecule has 160 valence electrons. The SMILES string of the molecule is CC1CCCCN1CCNC(=O)C1CCN(C(=O)c2cccc3ccccc23)CC1. The smallest absolute Gasteiger partial charge is 0.254 e. The molecule has 2 aliphatic rings. The van der Waals surface area contributed by atoms with Crippen molar-refractivity contribution in [3.63, 3.8) is 0 Å². The molecule has 0 spiro atoms. The van der Waals surface area contributed by atoms with Crippen LogP contribution in [0.5, 0.6) is 0 Å². The van der Waals surface area contributed by atoms with Gasteiger partial charge in [-0.05, 0) is 56.0 Å². The summed E-state index contributed by atoms with van der Waals surface area (Å²) in [6, 6.07) is 14.5. The molecule has 5 nitrogen and oxygen atoms in total. The van der Waals surface area contributed by atoms with Crippen molar-refractivity contribution in [2.75, 3.05) is 32.7 Å². The molecule has 4 rings (SSSR count). The van der Waals surface area contributed by atoms with E-state index in [9.17, 15) is 9.59 Å². The Morgan fingerprint density at radius 3 is 2.53 bits per heavy atom. The fourth-order valence-electron chi connectivity index (χ4n) is 4.88. The molecule has 2 aromatic rings.